The molecule has 0 N–H and O–H groups in total. The van der Waals surface area contributed by atoms with Crippen molar-refractivity contribution < 1.29 is 4.39 Å². The zero-order valence-electron chi connectivity index (χ0n) is 13.9. The minimum atomic E-state index is -0.254. The van der Waals surface area contributed by atoms with E-state index in [1.807, 2.05) is 31.3 Å². The van der Waals surface area contributed by atoms with E-state index in [0.717, 1.165) is 38.3 Å². The van der Waals surface area contributed by atoms with Crippen LogP contribution in [0.1, 0.15) is 25.5 Å². The molecule has 0 saturated carbocycles. The van der Waals surface area contributed by atoms with E-state index in [0.29, 0.717) is 23.9 Å². The Morgan fingerprint density at radius 3 is 2.83 bits per heavy atom. The molecule has 0 spiro atoms. The van der Waals surface area contributed by atoms with Crippen LogP contribution < -0.4 is 9.80 Å². The van der Waals surface area contributed by atoms with E-state index in [4.69, 9.17) is 0 Å². The first-order valence-electron chi connectivity index (χ1n) is 8.70. The summed E-state index contributed by atoms with van der Waals surface area (Å²) in [6.45, 7) is 4.67. The van der Waals surface area contributed by atoms with Crippen molar-refractivity contribution in [3.63, 3.8) is 0 Å². The van der Waals surface area contributed by atoms with Crippen molar-refractivity contribution in [3.05, 3.63) is 42.2 Å². The van der Waals surface area contributed by atoms with Crippen LogP contribution in [0, 0.1) is 11.7 Å². The highest BCUT2D eigenvalue weighted by molar-refractivity contribution is 5.47. The molecule has 2 aliphatic heterocycles. The van der Waals surface area contributed by atoms with Gasteiger partial charge in [-0.3, -0.25) is 0 Å². The Kier molecular flexibility index (Phi) is 4.04. The number of aryl methyl sites for hydroxylation is 1. The van der Waals surface area contributed by atoms with Gasteiger partial charge in [0.05, 0.1) is 11.7 Å². The molecule has 0 radical (unpaired) electrons. The van der Waals surface area contributed by atoms with E-state index in [9.17, 15) is 4.39 Å². The van der Waals surface area contributed by atoms with Crippen LogP contribution in [0.25, 0.3) is 0 Å². The standard InChI is InChI=1S/C18H22FN5/c1-2-14-17(19)18(22-12-21-14)24-10-7-13-6-9-23(11-15(13)24)16-5-3-4-8-20-16/h3-5,8,12-13,15H,2,6-7,9-11H2,1H3. The molecule has 2 saturated heterocycles. The van der Waals surface area contributed by atoms with Gasteiger partial charge in [0.25, 0.3) is 0 Å². The van der Waals surface area contributed by atoms with Crippen molar-refractivity contribution in [1.82, 2.24) is 15.0 Å². The van der Waals surface area contributed by atoms with Gasteiger partial charge < -0.3 is 9.80 Å². The number of piperidine rings is 1. The number of nitrogens with zero attached hydrogens (tertiary/aromatic N) is 5. The van der Waals surface area contributed by atoms with E-state index >= 15 is 0 Å². The van der Waals surface area contributed by atoms with Gasteiger partial charge in [-0.1, -0.05) is 13.0 Å². The fourth-order valence-electron chi connectivity index (χ4n) is 3.99. The average Bonchev–Trinajstić information content (AvgIpc) is 3.05. The lowest BCUT2D eigenvalue weighted by Crippen LogP contribution is -2.49. The first-order chi connectivity index (χ1) is 11.8. The van der Waals surface area contributed by atoms with Crippen LogP contribution in [0.5, 0.6) is 0 Å². The third-order valence-electron chi connectivity index (χ3n) is 5.29. The lowest BCUT2D eigenvalue weighted by Gasteiger charge is -2.39. The molecule has 4 rings (SSSR count). The molecule has 4 heterocycles. The molecule has 0 aliphatic carbocycles. The van der Waals surface area contributed by atoms with Crippen LogP contribution in [-0.2, 0) is 6.42 Å². The van der Waals surface area contributed by atoms with Gasteiger partial charge in [0.1, 0.15) is 12.1 Å². The predicted octanol–water partition coefficient (Wildman–Crippen LogP) is 2.68. The lowest BCUT2D eigenvalue weighted by molar-refractivity contribution is 0.387. The summed E-state index contributed by atoms with van der Waals surface area (Å²) < 4.78 is 14.7. The summed E-state index contributed by atoms with van der Waals surface area (Å²) in [5.41, 5.74) is 0.501. The van der Waals surface area contributed by atoms with Gasteiger partial charge in [-0.2, -0.15) is 0 Å². The number of hydrogen-bond donors (Lipinski definition) is 0. The molecule has 6 heteroatoms. The Labute approximate surface area is 141 Å². The molecule has 0 bridgehead atoms. The molecule has 2 aromatic rings. The second-order valence-corrected chi connectivity index (χ2v) is 6.54. The topological polar surface area (TPSA) is 45.2 Å². The fourth-order valence-corrected chi connectivity index (χ4v) is 3.99. The molecule has 5 nitrogen and oxygen atoms in total. The summed E-state index contributed by atoms with van der Waals surface area (Å²) in [4.78, 5) is 17.2. The van der Waals surface area contributed by atoms with Gasteiger partial charge in [0.2, 0.25) is 0 Å². The van der Waals surface area contributed by atoms with Crippen molar-refractivity contribution in [2.75, 3.05) is 29.4 Å². The third-order valence-corrected chi connectivity index (χ3v) is 5.29. The zero-order chi connectivity index (χ0) is 16.5. The molecule has 0 amide bonds. The molecule has 24 heavy (non-hydrogen) atoms. The van der Waals surface area contributed by atoms with Crippen LogP contribution in [-0.4, -0.2) is 40.6 Å². The zero-order valence-corrected chi connectivity index (χ0v) is 13.9. The minimum absolute atomic E-state index is 0.254. The fraction of sp³-hybridized carbons (Fsp3) is 0.500. The van der Waals surface area contributed by atoms with Crippen molar-refractivity contribution >= 4 is 11.6 Å². The smallest absolute Gasteiger partial charge is 0.187 e. The monoisotopic (exact) mass is 327 g/mol. The Bertz CT molecular complexity index is 708. The van der Waals surface area contributed by atoms with Gasteiger partial charge in [0.15, 0.2) is 11.6 Å². The molecular formula is C18H22FN5. The Balaban J connectivity index is 1.60. The SMILES string of the molecule is CCc1ncnc(N2CCC3CCN(c4ccccn4)CC32)c1F. The maximum atomic E-state index is 14.7. The highest BCUT2D eigenvalue weighted by Crippen LogP contribution is 2.36. The van der Waals surface area contributed by atoms with Gasteiger partial charge in [-0.05, 0) is 37.3 Å². The van der Waals surface area contributed by atoms with Crippen molar-refractivity contribution in [3.8, 4) is 0 Å². The van der Waals surface area contributed by atoms with E-state index < -0.39 is 0 Å². The van der Waals surface area contributed by atoms with E-state index in [-0.39, 0.29) is 11.9 Å². The molecular weight excluding hydrogens is 305 g/mol. The lowest BCUT2D eigenvalue weighted by atomic mass is 9.92. The van der Waals surface area contributed by atoms with Gasteiger partial charge in [-0.25, -0.2) is 19.3 Å². The summed E-state index contributed by atoms with van der Waals surface area (Å²) in [6, 6.07) is 6.27. The normalized spacial score (nSPS) is 23.4. The molecule has 0 aromatic carbocycles. The summed E-state index contributed by atoms with van der Waals surface area (Å²) in [7, 11) is 0. The molecule has 2 unspecified atom stereocenters. The number of fused-ring (bicyclic) bond motifs is 1. The molecule has 126 valence electrons. The van der Waals surface area contributed by atoms with Gasteiger partial charge in [-0.15, -0.1) is 0 Å². The predicted molar refractivity (Wildman–Crippen MR) is 91.7 cm³/mol. The average molecular weight is 327 g/mol. The number of aromatic nitrogens is 3. The molecule has 2 fully saturated rings. The highest BCUT2D eigenvalue weighted by atomic mass is 19.1. The largest absolute Gasteiger partial charge is 0.355 e. The number of halogens is 1. The number of anilines is 2. The highest BCUT2D eigenvalue weighted by Gasteiger charge is 2.40. The summed E-state index contributed by atoms with van der Waals surface area (Å²) >= 11 is 0. The number of hydrogen-bond acceptors (Lipinski definition) is 5. The third kappa shape index (κ3) is 2.60. The minimum Gasteiger partial charge on any atom is -0.355 e. The molecule has 2 aliphatic rings. The van der Waals surface area contributed by atoms with Crippen LogP contribution in [0.15, 0.2) is 30.7 Å². The number of rotatable bonds is 3. The summed E-state index contributed by atoms with van der Waals surface area (Å²) in [6.07, 6.45) is 6.12. The second-order valence-electron chi connectivity index (χ2n) is 6.54. The van der Waals surface area contributed by atoms with Crippen molar-refractivity contribution in [2.45, 2.75) is 32.2 Å². The van der Waals surface area contributed by atoms with Gasteiger partial charge >= 0.3 is 0 Å². The Hall–Kier alpha value is -2.24. The van der Waals surface area contributed by atoms with E-state index in [1.54, 1.807) is 0 Å². The Morgan fingerprint density at radius 1 is 1.17 bits per heavy atom. The van der Waals surface area contributed by atoms with Crippen LogP contribution >= 0.6 is 0 Å². The maximum Gasteiger partial charge on any atom is 0.187 e. The van der Waals surface area contributed by atoms with Crippen LogP contribution in [0.3, 0.4) is 0 Å². The van der Waals surface area contributed by atoms with Gasteiger partial charge in [0, 0.05) is 25.8 Å². The van der Waals surface area contributed by atoms with Crippen molar-refractivity contribution in [1.29, 1.82) is 0 Å². The first-order valence-corrected chi connectivity index (χ1v) is 8.70. The summed E-state index contributed by atoms with van der Waals surface area (Å²) in [5.74, 6) is 1.82. The second kappa shape index (κ2) is 6.34. The Morgan fingerprint density at radius 2 is 2.04 bits per heavy atom. The first kappa shape index (κ1) is 15.3. The quantitative estimate of drug-likeness (QED) is 0.867. The molecule has 2 atom stereocenters. The molecule has 2 aromatic heterocycles. The van der Waals surface area contributed by atoms with Crippen molar-refractivity contribution in [2.24, 2.45) is 5.92 Å². The van der Waals surface area contributed by atoms with Crippen LogP contribution in [0.2, 0.25) is 0 Å². The van der Waals surface area contributed by atoms with Crippen LogP contribution in [0.4, 0.5) is 16.0 Å². The maximum absolute atomic E-state index is 14.7. The van der Waals surface area contributed by atoms with E-state index in [1.165, 1.54) is 6.33 Å². The number of pyridine rings is 1. The summed E-state index contributed by atoms with van der Waals surface area (Å²) in [5, 5.41) is 0. The van der Waals surface area contributed by atoms with E-state index in [2.05, 4.69) is 24.8 Å².